The number of aromatic nitrogens is 1. The Balaban J connectivity index is 1.79. The standard InChI is InChI=1S/C14H13N3O2/c15-10-3-1-2-9(6-10)8-16-11-4-5-12-13(7-11)19-14(18)17-12/h1-7,16H,8,15H2,(H,17,18). The first-order valence-corrected chi connectivity index (χ1v) is 5.92. The minimum absolute atomic E-state index is 0.442. The van der Waals surface area contributed by atoms with E-state index in [1.54, 1.807) is 6.07 Å². The zero-order valence-corrected chi connectivity index (χ0v) is 10.1. The molecule has 2 aromatic carbocycles. The topological polar surface area (TPSA) is 84.0 Å². The van der Waals surface area contributed by atoms with E-state index in [4.69, 9.17) is 10.2 Å². The molecule has 0 spiro atoms. The molecule has 0 atom stereocenters. The Hall–Kier alpha value is -2.69. The highest BCUT2D eigenvalue weighted by Crippen LogP contribution is 2.17. The van der Waals surface area contributed by atoms with E-state index in [1.165, 1.54) is 0 Å². The average molecular weight is 255 g/mol. The second-order valence-electron chi connectivity index (χ2n) is 4.32. The second kappa shape index (κ2) is 4.53. The molecule has 0 fully saturated rings. The molecule has 1 heterocycles. The maximum atomic E-state index is 11.1. The predicted molar refractivity (Wildman–Crippen MR) is 75.0 cm³/mol. The minimum Gasteiger partial charge on any atom is -0.408 e. The number of anilines is 2. The number of hydrogen-bond donors (Lipinski definition) is 3. The summed E-state index contributed by atoms with van der Waals surface area (Å²) < 4.78 is 5.01. The normalized spacial score (nSPS) is 10.7. The fourth-order valence-electron chi connectivity index (χ4n) is 1.96. The maximum Gasteiger partial charge on any atom is 0.417 e. The van der Waals surface area contributed by atoms with Crippen molar-refractivity contribution < 1.29 is 4.42 Å². The molecule has 19 heavy (non-hydrogen) atoms. The molecule has 96 valence electrons. The van der Waals surface area contributed by atoms with Crippen molar-refractivity contribution >= 4 is 22.5 Å². The molecule has 0 radical (unpaired) electrons. The Kier molecular flexibility index (Phi) is 2.72. The van der Waals surface area contributed by atoms with Gasteiger partial charge < -0.3 is 15.5 Å². The van der Waals surface area contributed by atoms with E-state index in [1.807, 2.05) is 36.4 Å². The van der Waals surface area contributed by atoms with Crippen LogP contribution in [0.1, 0.15) is 5.56 Å². The number of nitrogens with one attached hydrogen (secondary N) is 2. The summed E-state index contributed by atoms with van der Waals surface area (Å²) >= 11 is 0. The van der Waals surface area contributed by atoms with E-state index in [0.717, 1.165) is 16.9 Å². The van der Waals surface area contributed by atoms with Crippen LogP contribution in [0.15, 0.2) is 51.7 Å². The largest absolute Gasteiger partial charge is 0.417 e. The van der Waals surface area contributed by atoms with Gasteiger partial charge in [0.15, 0.2) is 5.58 Å². The van der Waals surface area contributed by atoms with Crippen molar-refractivity contribution in [3.8, 4) is 0 Å². The fourth-order valence-corrected chi connectivity index (χ4v) is 1.96. The van der Waals surface area contributed by atoms with E-state index in [-0.39, 0.29) is 0 Å². The van der Waals surface area contributed by atoms with E-state index in [2.05, 4.69) is 10.3 Å². The molecule has 0 saturated carbocycles. The van der Waals surface area contributed by atoms with Gasteiger partial charge in [-0.1, -0.05) is 12.1 Å². The molecule has 0 saturated heterocycles. The quantitative estimate of drug-likeness (QED) is 0.627. The summed E-state index contributed by atoms with van der Waals surface area (Å²) in [5.74, 6) is -0.442. The molecule has 0 amide bonds. The van der Waals surface area contributed by atoms with Crippen LogP contribution in [0.25, 0.3) is 11.1 Å². The zero-order valence-electron chi connectivity index (χ0n) is 10.1. The lowest BCUT2D eigenvalue weighted by Gasteiger charge is -2.06. The Bertz CT molecular complexity index is 773. The van der Waals surface area contributed by atoms with Crippen molar-refractivity contribution in [2.24, 2.45) is 0 Å². The van der Waals surface area contributed by atoms with Crippen LogP contribution in [0.5, 0.6) is 0 Å². The molecule has 3 rings (SSSR count). The first kappa shape index (κ1) is 11.4. The van der Waals surface area contributed by atoms with Gasteiger partial charge in [-0.15, -0.1) is 0 Å². The SMILES string of the molecule is Nc1cccc(CNc2ccc3[nH]c(=O)oc3c2)c1. The summed E-state index contributed by atoms with van der Waals surface area (Å²) in [6.45, 7) is 0.658. The second-order valence-corrected chi connectivity index (χ2v) is 4.32. The van der Waals surface area contributed by atoms with Crippen molar-refractivity contribution in [2.75, 3.05) is 11.1 Å². The highest BCUT2D eigenvalue weighted by Gasteiger charge is 2.02. The van der Waals surface area contributed by atoms with Gasteiger partial charge >= 0.3 is 5.76 Å². The molecule has 1 aromatic heterocycles. The minimum atomic E-state index is -0.442. The number of aromatic amines is 1. The van der Waals surface area contributed by atoms with Crippen molar-refractivity contribution in [2.45, 2.75) is 6.54 Å². The Morgan fingerprint density at radius 2 is 2.11 bits per heavy atom. The Morgan fingerprint density at radius 3 is 2.95 bits per heavy atom. The highest BCUT2D eigenvalue weighted by molar-refractivity contribution is 5.76. The third kappa shape index (κ3) is 2.44. The van der Waals surface area contributed by atoms with Gasteiger partial charge in [-0.25, -0.2) is 4.79 Å². The number of rotatable bonds is 3. The molecular weight excluding hydrogens is 242 g/mol. The smallest absolute Gasteiger partial charge is 0.408 e. The number of oxazole rings is 1. The molecular formula is C14H13N3O2. The number of nitrogens with two attached hydrogens (primary N) is 1. The van der Waals surface area contributed by atoms with Gasteiger partial charge in [0.2, 0.25) is 0 Å². The molecule has 0 unspecified atom stereocenters. The molecule has 0 bridgehead atoms. The van der Waals surface area contributed by atoms with E-state index in [0.29, 0.717) is 17.6 Å². The number of hydrogen-bond acceptors (Lipinski definition) is 4. The first-order chi connectivity index (χ1) is 9.20. The van der Waals surface area contributed by atoms with Gasteiger partial charge in [0.05, 0.1) is 5.52 Å². The van der Waals surface area contributed by atoms with E-state index < -0.39 is 5.76 Å². The maximum absolute atomic E-state index is 11.1. The highest BCUT2D eigenvalue weighted by atomic mass is 16.4. The van der Waals surface area contributed by atoms with Gasteiger partial charge in [-0.3, -0.25) is 4.98 Å². The summed E-state index contributed by atoms with van der Waals surface area (Å²) in [6.07, 6.45) is 0. The first-order valence-electron chi connectivity index (χ1n) is 5.92. The van der Waals surface area contributed by atoms with Crippen molar-refractivity contribution in [1.29, 1.82) is 0 Å². The van der Waals surface area contributed by atoms with Crippen LogP contribution >= 0.6 is 0 Å². The third-order valence-electron chi connectivity index (χ3n) is 2.87. The lowest BCUT2D eigenvalue weighted by atomic mass is 10.2. The zero-order chi connectivity index (χ0) is 13.2. The van der Waals surface area contributed by atoms with Crippen molar-refractivity contribution in [1.82, 2.24) is 4.98 Å². The molecule has 0 aliphatic carbocycles. The lowest BCUT2D eigenvalue weighted by Crippen LogP contribution is -1.99. The van der Waals surface area contributed by atoms with Crippen molar-refractivity contribution in [3.05, 3.63) is 58.6 Å². The Morgan fingerprint density at radius 1 is 1.21 bits per heavy atom. The third-order valence-corrected chi connectivity index (χ3v) is 2.87. The van der Waals surface area contributed by atoms with Gasteiger partial charge in [0, 0.05) is 24.0 Å². The number of nitrogen functional groups attached to an aromatic ring is 1. The van der Waals surface area contributed by atoms with Crippen LogP contribution in [0.2, 0.25) is 0 Å². The molecule has 3 aromatic rings. The Labute approximate surface area is 109 Å². The summed E-state index contributed by atoms with van der Waals surface area (Å²) in [7, 11) is 0. The van der Waals surface area contributed by atoms with Crippen LogP contribution in [0.4, 0.5) is 11.4 Å². The van der Waals surface area contributed by atoms with Crippen LogP contribution in [-0.4, -0.2) is 4.98 Å². The number of benzene rings is 2. The van der Waals surface area contributed by atoms with Crippen LogP contribution < -0.4 is 16.8 Å². The number of fused-ring (bicyclic) bond motifs is 1. The van der Waals surface area contributed by atoms with Gasteiger partial charge in [-0.2, -0.15) is 0 Å². The average Bonchev–Trinajstić information content (AvgIpc) is 2.75. The van der Waals surface area contributed by atoms with Crippen LogP contribution in [0.3, 0.4) is 0 Å². The van der Waals surface area contributed by atoms with E-state index >= 15 is 0 Å². The number of H-pyrrole nitrogens is 1. The summed E-state index contributed by atoms with van der Waals surface area (Å²) in [5, 5.41) is 3.26. The van der Waals surface area contributed by atoms with Gasteiger partial charge in [-0.05, 0) is 29.8 Å². The van der Waals surface area contributed by atoms with E-state index in [9.17, 15) is 4.79 Å². The van der Waals surface area contributed by atoms with Crippen LogP contribution in [0, 0.1) is 0 Å². The van der Waals surface area contributed by atoms with Crippen molar-refractivity contribution in [3.63, 3.8) is 0 Å². The lowest BCUT2D eigenvalue weighted by molar-refractivity contribution is 0.555. The molecule has 0 aliphatic heterocycles. The monoisotopic (exact) mass is 255 g/mol. The summed E-state index contributed by atoms with van der Waals surface area (Å²) in [6, 6.07) is 13.2. The summed E-state index contributed by atoms with van der Waals surface area (Å²) in [4.78, 5) is 13.7. The molecule has 4 N–H and O–H groups in total. The molecule has 5 nitrogen and oxygen atoms in total. The fraction of sp³-hybridized carbons (Fsp3) is 0.0714. The van der Waals surface area contributed by atoms with Crippen LogP contribution in [-0.2, 0) is 6.54 Å². The molecule has 5 heteroatoms. The van der Waals surface area contributed by atoms with Gasteiger partial charge in [0.25, 0.3) is 0 Å². The predicted octanol–water partition coefficient (Wildman–Crippen LogP) is 2.32. The summed E-state index contributed by atoms with van der Waals surface area (Å²) in [5.41, 5.74) is 9.68. The van der Waals surface area contributed by atoms with Gasteiger partial charge in [0.1, 0.15) is 0 Å². The molecule has 0 aliphatic rings.